The number of hydrogen-bond donors (Lipinski definition) is 3. The molecule has 0 spiro atoms. The van der Waals surface area contributed by atoms with Gasteiger partial charge in [-0.3, -0.25) is 14.9 Å². The highest BCUT2D eigenvalue weighted by Gasteiger charge is 2.17. The van der Waals surface area contributed by atoms with Crippen molar-refractivity contribution < 1.29 is 9.72 Å². The highest BCUT2D eigenvalue weighted by molar-refractivity contribution is 5.94. The second kappa shape index (κ2) is 6.33. The van der Waals surface area contributed by atoms with Crippen molar-refractivity contribution in [3.05, 3.63) is 33.9 Å². The lowest BCUT2D eigenvalue weighted by molar-refractivity contribution is -0.384. The summed E-state index contributed by atoms with van der Waals surface area (Å²) in [4.78, 5) is 21.6. The van der Waals surface area contributed by atoms with Crippen LogP contribution in [0.4, 0.5) is 11.4 Å². The quantitative estimate of drug-likeness (QED) is 0.535. The van der Waals surface area contributed by atoms with Gasteiger partial charge in [-0.15, -0.1) is 0 Å². The third-order valence-corrected chi connectivity index (χ3v) is 3.45. The number of nitrogens with zero attached hydrogens (tertiary/aromatic N) is 1. The van der Waals surface area contributed by atoms with Crippen LogP contribution in [0, 0.1) is 10.1 Å². The first-order chi connectivity index (χ1) is 9.58. The molecule has 1 atom stereocenters. The lowest BCUT2D eigenvalue weighted by Crippen LogP contribution is -2.24. The summed E-state index contributed by atoms with van der Waals surface area (Å²) in [6.07, 6.45) is 3.23. The van der Waals surface area contributed by atoms with Crippen LogP contribution in [0.5, 0.6) is 0 Å². The summed E-state index contributed by atoms with van der Waals surface area (Å²) in [5.41, 5.74) is 5.55. The van der Waals surface area contributed by atoms with Gasteiger partial charge in [0.05, 0.1) is 4.92 Å². The molecule has 1 amide bonds. The molecule has 0 aromatic heterocycles. The van der Waals surface area contributed by atoms with E-state index in [2.05, 4.69) is 10.6 Å². The second-order valence-electron chi connectivity index (χ2n) is 4.86. The largest absolute Gasteiger partial charge is 0.379 e. The average Bonchev–Trinajstić information content (AvgIpc) is 2.91. The molecule has 2 rings (SSSR count). The third kappa shape index (κ3) is 3.45. The molecule has 1 aliphatic heterocycles. The van der Waals surface area contributed by atoms with Gasteiger partial charge >= 0.3 is 0 Å². The predicted molar refractivity (Wildman–Crippen MR) is 75.7 cm³/mol. The molecule has 0 radical (unpaired) electrons. The van der Waals surface area contributed by atoms with E-state index in [0.717, 1.165) is 19.4 Å². The maximum atomic E-state index is 11.0. The molecule has 108 valence electrons. The van der Waals surface area contributed by atoms with Gasteiger partial charge in [-0.05, 0) is 37.9 Å². The van der Waals surface area contributed by atoms with Gasteiger partial charge in [-0.1, -0.05) is 0 Å². The number of benzene rings is 1. The molecule has 0 aliphatic carbocycles. The van der Waals surface area contributed by atoms with Crippen molar-refractivity contribution in [2.45, 2.75) is 25.3 Å². The zero-order chi connectivity index (χ0) is 14.5. The lowest BCUT2D eigenvalue weighted by Gasteiger charge is -2.12. The summed E-state index contributed by atoms with van der Waals surface area (Å²) >= 11 is 0. The first kappa shape index (κ1) is 14.3. The predicted octanol–water partition coefficient (Wildman–Crippen LogP) is 1.25. The molecule has 0 saturated carbocycles. The molecule has 1 aliphatic rings. The van der Waals surface area contributed by atoms with Crippen molar-refractivity contribution in [1.82, 2.24) is 5.32 Å². The van der Waals surface area contributed by atoms with E-state index in [1.54, 1.807) is 0 Å². The zero-order valence-corrected chi connectivity index (χ0v) is 11.1. The van der Waals surface area contributed by atoms with Crippen LogP contribution in [0.25, 0.3) is 0 Å². The molecular weight excluding hydrogens is 260 g/mol. The SMILES string of the molecule is NC(=O)c1ccc(NCCC2CCCN2)c([N+](=O)[O-])c1. The van der Waals surface area contributed by atoms with E-state index in [9.17, 15) is 14.9 Å². The number of primary amides is 1. The van der Waals surface area contributed by atoms with Gasteiger partial charge in [0.15, 0.2) is 0 Å². The molecule has 1 aromatic rings. The summed E-state index contributed by atoms with van der Waals surface area (Å²) in [5.74, 6) is -0.671. The van der Waals surface area contributed by atoms with Gasteiger partial charge in [-0.2, -0.15) is 0 Å². The van der Waals surface area contributed by atoms with E-state index in [0.29, 0.717) is 18.3 Å². The molecular formula is C13H18N4O3. The van der Waals surface area contributed by atoms with Gasteiger partial charge in [0.2, 0.25) is 5.91 Å². The minimum atomic E-state index is -0.671. The number of nitro benzene ring substituents is 1. The van der Waals surface area contributed by atoms with Crippen molar-refractivity contribution in [3.8, 4) is 0 Å². The van der Waals surface area contributed by atoms with E-state index in [1.807, 2.05) is 0 Å². The van der Waals surface area contributed by atoms with E-state index in [1.165, 1.54) is 24.6 Å². The lowest BCUT2D eigenvalue weighted by atomic mass is 10.1. The minimum Gasteiger partial charge on any atom is -0.379 e. The number of carbonyl (C=O) groups is 1. The van der Waals surface area contributed by atoms with Crippen molar-refractivity contribution in [2.24, 2.45) is 5.73 Å². The number of nitro groups is 1. The van der Waals surface area contributed by atoms with Crippen LogP contribution >= 0.6 is 0 Å². The fraction of sp³-hybridized carbons (Fsp3) is 0.462. The first-order valence-electron chi connectivity index (χ1n) is 6.63. The Bertz CT molecular complexity index is 512. The number of rotatable bonds is 6. The Labute approximate surface area is 116 Å². The highest BCUT2D eigenvalue weighted by Crippen LogP contribution is 2.25. The van der Waals surface area contributed by atoms with Crippen molar-refractivity contribution in [2.75, 3.05) is 18.4 Å². The van der Waals surface area contributed by atoms with E-state index in [-0.39, 0.29) is 11.3 Å². The maximum absolute atomic E-state index is 11.0. The maximum Gasteiger partial charge on any atom is 0.293 e. The van der Waals surface area contributed by atoms with Crippen LogP contribution in [-0.2, 0) is 0 Å². The minimum absolute atomic E-state index is 0.124. The van der Waals surface area contributed by atoms with Crippen LogP contribution in [-0.4, -0.2) is 30.0 Å². The van der Waals surface area contributed by atoms with Crippen molar-refractivity contribution >= 4 is 17.3 Å². The Morgan fingerprint density at radius 1 is 1.55 bits per heavy atom. The third-order valence-electron chi connectivity index (χ3n) is 3.45. The molecule has 0 bridgehead atoms. The standard InChI is InChI=1S/C13H18N4O3/c14-13(18)9-3-4-11(12(8-9)17(19)20)16-7-5-10-2-1-6-15-10/h3-4,8,10,15-16H,1-2,5-7H2,(H2,14,18). The molecule has 7 nitrogen and oxygen atoms in total. The molecule has 7 heteroatoms. The van der Waals surface area contributed by atoms with Gasteiger partial charge in [-0.25, -0.2) is 0 Å². The van der Waals surface area contributed by atoms with E-state index in [4.69, 9.17) is 5.73 Å². The average molecular weight is 278 g/mol. The monoisotopic (exact) mass is 278 g/mol. The Kier molecular flexibility index (Phi) is 4.52. The number of carbonyl (C=O) groups excluding carboxylic acids is 1. The van der Waals surface area contributed by atoms with Crippen LogP contribution in [0.15, 0.2) is 18.2 Å². The number of anilines is 1. The normalized spacial score (nSPS) is 17.9. The molecule has 1 saturated heterocycles. The van der Waals surface area contributed by atoms with Gasteiger partial charge < -0.3 is 16.4 Å². The molecule has 1 heterocycles. The molecule has 1 unspecified atom stereocenters. The number of amides is 1. The Morgan fingerprint density at radius 2 is 2.35 bits per heavy atom. The second-order valence-corrected chi connectivity index (χ2v) is 4.86. The van der Waals surface area contributed by atoms with Crippen LogP contribution in [0.3, 0.4) is 0 Å². The molecule has 20 heavy (non-hydrogen) atoms. The smallest absolute Gasteiger partial charge is 0.293 e. The molecule has 1 aromatic carbocycles. The van der Waals surface area contributed by atoms with Crippen molar-refractivity contribution in [1.29, 1.82) is 0 Å². The van der Waals surface area contributed by atoms with Gasteiger partial charge in [0.25, 0.3) is 5.69 Å². The van der Waals surface area contributed by atoms with Crippen LogP contribution in [0.2, 0.25) is 0 Å². The Morgan fingerprint density at radius 3 is 2.95 bits per heavy atom. The number of nitrogens with two attached hydrogens (primary N) is 1. The summed E-state index contributed by atoms with van der Waals surface area (Å²) in [6, 6.07) is 4.70. The van der Waals surface area contributed by atoms with Gasteiger partial charge in [0.1, 0.15) is 5.69 Å². The summed E-state index contributed by atoms with van der Waals surface area (Å²) in [6.45, 7) is 1.69. The summed E-state index contributed by atoms with van der Waals surface area (Å²) in [7, 11) is 0. The van der Waals surface area contributed by atoms with Crippen molar-refractivity contribution in [3.63, 3.8) is 0 Å². The fourth-order valence-electron chi connectivity index (χ4n) is 2.37. The van der Waals surface area contributed by atoms with E-state index < -0.39 is 10.8 Å². The summed E-state index contributed by atoms with van der Waals surface area (Å²) in [5, 5.41) is 17.4. The van der Waals surface area contributed by atoms with E-state index >= 15 is 0 Å². The summed E-state index contributed by atoms with van der Waals surface area (Å²) < 4.78 is 0. The Balaban J connectivity index is 2.02. The topological polar surface area (TPSA) is 110 Å². The fourth-order valence-corrected chi connectivity index (χ4v) is 2.37. The molecule has 4 N–H and O–H groups in total. The van der Waals surface area contributed by atoms with Crippen LogP contribution < -0.4 is 16.4 Å². The highest BCUT2D eigenvalue weighted by atomic mass is 16.6. The van der Waals surface area contributed by atoms with Crippen LogP contribution in [0.1, 0.15) is 29.6 Å². The Hall–Kier alpha value is -2.15. The zero-order valence-electron chi connectivity index (χ0n) is 11.1. The number of hydrogen-bond acceptors (Lipinski definition) is 5. The van der Waals surface area contributed by atoms with Gasteiger partial charge in [0, 0.05) is 24.2 Å². The first-order valence-corrected chi connectivity index (χ1v) is 6.63. The molecule has 1 fully saturated rings. The number of nitrogens with one attached hydrogen (secondary N) is 2.